The SMILES string of the molecule is COc1cccc(NC(=O)[C@@H]([NH2+]CC2CCCCC2)c2ccccc2)c1. The summed E-state index contributed by atoms with van der Waals surface area (Å²) in [6.07, 6.45) is 6.58. The fourth-order valence-corrected chi connectivity index (χ4v) is 3.73. The van der Waals surface area contributed by atoms with Gasteiger partial charge in [0.1, 0.15) is 5.75 Å². The Labute approximate surface area is 156 Å². The first kappa shape index (κ1) is 18.5. The standard InChI is InChI=1S/C22H28N2O2/c1-26-20-14-8-13-19(15-20)24-22(25)21(18-11-6-3-7-12-18)23-16-17-9-4-2-5-10-17/h3,6-8,11-15,17,21,23H,2,4-5,9-10,16H2,1H3,(H,24,25)/p+1/t21-/m0/s1. The van der Waals surface area contributed by atoms with Gasteiger partial charge in [0.15, 0.2) is 6.04 Å². The van der Waals surface area contributed by atoms with E-state index in [2.05, 4.69) is 10.6 Å². The van der Waals surface area contributed by atoms with Crippen molar-refractivity contribution in [2.75, 3.05) is 19.0 Å². The number of anilines is 1. The van der Waals surface area contributed by atoms with Gasteiger partial charge in [-0.15, -0.1) is 0 Å². The lowest BCUT2D eigenvalue weighted by molar-refractivity contribution is -0.688. The first-order valence-electron chi connectivity index (χ1n) is 9.59. The van der Waals surface area contributed by atoms with Crippen molar-refractivity contribution in [2.45, 2.75) is 38.1 Å². The molecule has 0 aliphatic heterocycles. The Balaban J connectivity index is 1.70. The molecule has 0 saturated heterocycles. The van der Waals surface area contributed by atoms with Crippen LogP contribution in [-0.2, 0) is 4.79 Å². The number of nitrogens with one attached hydrogen (secondary N) is 1. The number of benzene rings is 2. The van der Waals surface area contributed by atoms with Gasteiger partial charge in [-0.25, -0.2) is 0 Å². The molecule has 0 unspecified atom stereocenters. The highest BCUT2D eigenvalue weighted by atomic mass is 16.5. The second-order valence-corrected chi connectivity index (χ2v) is 7.09. The second-order valence-electron chi connectivity index (χ2n) is 7.09. The van der Waals surface area contributed by atoms with E-state index in [9.17, 15) is 4.79 Å². The van der Waals surface area contributed by atoms with E-state index in [-0.39, 0.29) is 11.9 Å². The van der Waals surface area contributed by atoms with Crippen LogP contribution in [0.1, 0.15) is 43.7 Å². The maximum Gasteiger partial charge on any atom is 0.287 e. The van der Waals surface area contributed by atoms with Crippen molar-refractivity contribution in [3.63, 3.8) is 0 Å². The van der Waals surface area contributed by atoms with E-state index in [1.54, 1.807) is 7.11 Å². The molecule has 1 amide bonds. The maximum atomic E-state index is 13.0. The smallest absolute Gasteiger partial charge is 0.287 e. The van der Waals surface area contributed by atoms with Crippen LogP contribution in [0.15, 0.2) is 54.6 Å². The highest BCUT2D eigenvalue weighted by Crippen LogP contribution is 2.23. The van der Waals surface area contributed by atoms with Gasteiger partial charge in [-0.1, -0.05) is 55.7 Å². The third kappa shape index (κ3) is 5.09. The van der Waals surface area contributed by atoms with Crippen LogP contribution < -0.4 is 15.4 Å². The van der Waals surface area contributed by atoms with E-state index in [0.717, 1.165) is 29.5 Å². The zero-order valence-corrected chi connectivity index (χ0v) is 15.5. The molecule has 0 heterocycles. The van der Waals surface area contributed by atoms with Gasteiger partial charge in [-0.2, -0.15) is 0 Å². The van der Waals surface area contributed by atoms with Gasteiger partial charge in [0.25, 0.3) is 5.91 Å². The molecular formula is C22H29N2O2+. The van der Waals surface area contributed by atoms with Crippen molar-refractivity contribution in [3.8, 4) is 5.75 Å². The minimum atomic E-state index is -0.232. The number of amides is 1. The molecule has 4 nitrogen and oxygen atoms in total. The Morgan fingerprint density at radius 2 is 1.88 bits per heavy atom. The van der Waals surface area contributed by atoms with Gasteiger partial charge in [0.05, 0.1) is 13.7 Å². The lowest BCUT2D eigenvalue weighted by Gasteiger charge is -2.23. The van der Waals surface area contributed by atoms with Gasteiger partial charge in [-0.3, -0.25) is 4.79 Å². The van der Waals surface area contributed by atoms with Gasteiger partial charge < -0.3 is 15.4 Å². The van der Waals surface area contributed by atoms with Gasteiger partial charge in [0.2, 0.25) is 0 Å². The summed E-state index contributed by atoms with van der Waals surface area (Å²) in [6.45, 7) is 1.01. The van der Waals surface area contributed by atoms with E-state index >= 15 is 0 Å². The summed E-state index contributed by atoms with van der Waals surface area (Å²) in [7, 11) is 1.63. The van der Waals surface area contributed by atoms with E-state index in [1.165, 1.54) is 32.1 Å². The summed E-state index contributed by atoms with van der Waals surface area (Å²) < 4.78 is 5.25. The molecule has 26 heavy (non-hydrogen) atoms. The highest BCUT2D eigenvalue weighted by molar-refractivity contribution is 5.94. The van der Waals surface area contributed by atoms with Crippen molar-refractivity contribution in [1.29, 1.82) is 0 Å². The molecular weight excluding hydrogens is 324 g/mol. The first-order chi connectivity index (χ1) is 12.8. The highest BCUT2D eigenvalue weighted by Gasteiger charge is 2.26. The average molecular weight is 353 g/mol. The van der Waals surface area contributed by atoms with Crippen molar-refractivity contribution >= 4 is 11.6 Å². The molecule has 1 saturated carbocycles. The molecule has 1 aliphatic carbocycles. The topological polar surface area (TPSA) is 54.9 Å². The molecule has 2 aromatic rings. The second kappa shape index (κ2) is 9.39. The largest absolute Gasteiger partial charge is 0.497 e. The van der Waals surface area contributed by atoms with Crippen LogP contribution in [0.3, 0.4) is 0 Å². The van der Waals surface area contributed by atoms with Crippen molar-refractivity contribution < 1.29 is 14.8 Å². The quantitative estimate of drug-likeness (QED) is 0.800. The van der Waals surface area contributed by atoms with Crippen LogP contribution in [0.4, 0.5) is 5.69 Å². The molecule has 2 aromatic carbocycles. The Kier molecular flexibility index (Phi) is 6.67. The molecule has 3 rings (SSSR count). The molecule has 0 spiro atoms. The summed E-state index contributed by atoms with van der Waals surface area (Å²) in [4.78, 5) is 13.0. The Bertz CT molecular complexity index is 696. The Morgan fingerprint density at radius 1 is 1.12 bits per heavy atom. The van der Waals surface area contributed by atoms with E-state index in [4.69, 9.17) is 4.74 Å². The fraction of sp³-hybridized carbons (Fsp3) is 0.409. The molecule has 3 N–H and O–H groups in total. The summed E-state index contributed by atoms with van der Waals surface area (Å²) in [6, 6.07) is 17.3. The molecule has 4 heteroatoms. The van der Waals surface area contributed by atoms with E-state index in [0.29, 0.717) is 0 Å². The van der Waals surface area contributed by atoms with Crippen LogP contribution in [0.2, 0.25) is 0 Å². The van der Waals surface area contributed by atoms with Crippen LogP contribution >= 0.6 is 0 Å². The summed E-state index contributed by atoms with van der Waals surface area (Å²) in [5, 5.41) is 5.26. The molecule has 1 aliphatic rings. The molecule has 138 valence electrons. The van der Waals surface area contributed by atoms with Crippen LogP contribution in [0.5, 0.6) is 5.75 Å². The predicted molar refractivity (Wildman–Crippen MR) is 104 cm³/mol. The molecule has 0 bridgehead atoms. The summed E-state index contributed by atoms with van der Waals surface area (Å²) >= 11 is 0. The molecule has 0 radical (unpaired) electrons. The van der Waals surface area contributed by atoms with Gasteiger partial charge >= 0.3 is 0 Å². The lowest BCUT2D eigenvalue weighted by Crippen LogP contribution is -2.88. The summed E-state index contributed by atoms with van der Waals surface area (Å²) in [5.41, 5.74) is 1.81. The molecule has 0 aromatic heterocycles. The van der Waals surface area contributed by atoms with E-state index in [1.807, 2.05) is 54.6 Å². The number of carbonyl (C=O) groups excluding carboxylic acids is 1. The molecule has 1 fully saturated rings. The molecule has 1 atom stereocenters. The van der Waals surface area contributed by atoms with Gasteiger partial charge in [-0.05, 0) is 25.0 Å². The third-order valence-corrected chi connectivity index (χ3v) is 5.21. The number of ether oxygens (including phenoxy) is 1. The van der Waals surface area contributed by atoms with Crippen molar-refractivity contribution in [2.24, 2.45) is 5.92 Å². The summed E-state index contributed by atoms with van der Waals surface area (Å²) in [5.74, 6) is 1.48. The Hall–Kier alpha value is -2.33. The number of hydrogen-bond donors (Lipinski definition) is 2. The third-order valence-electron chi connectivity index (χ3n) is 5.21. The van der Waals surface area contributed by atoms with Crippen LogP contribution in [0.25, 0.3) is 0 Å². The van der Waals surface area contributed by atoms with Gasteiger partial charge in [0, 0.05) is 23.2 Å². The zero-order valence-electron chi connectivity index (χ0n) is 15.5. The van der Waals surface area contributed by atoms with Crippen molar-refractivity contribution in [1.82, 2.24) is 0 Å². The number of methoxy groups -OCH3 is 1. The monoisotopic (exact) mass is 353 g/mol. The average Bonchev–Trinajstić information content (AvgIpc) is 2.70. The van der Waals surface area contributed by atoms with Crippen molar-refractivity contribution in [3.05, 3.63) is 60.2 Å². The fourth-order valence-electron chi connectivity index (χ4n) is 3.73. The van der Waals surface area contributed by atoms with Crippen LogP contribution in [0, 0.1) is 5.92 Å². The maximum absolute atomic E-state index is 13.0. The Morgan fingerprint density at radius 3 is 2.62 bits per heavy atom. The van der Waals surface area contributed by atoms with Crippen LogP contribution in [-0.4, -0.2) is 19.6 Å². The predicted octanol–water partition coefficient (Wildman–Crippen LogP) is 3.52. The number of quaternary nitrogens is 1. The lowest BCUT2D eigenvalue weighted by atomic mass is 9.89. The minimum absolute atomic E-state index is 0.0141. The normalized spacial score (nSPS) is 16.0. The number of hydrogen-bond acceptors (Lipinski definition) is 2. The van der Waals surface area contributed by atoms with E-state index < -0.39 is 0 Å². The number of rotatable bonds is 7. The number of nitrogens with two attached hydrogens (primary N) is 1. The number of carbonyl (C=O) groups is 1. The first-order valence-corrected chi connectivity index (χ1v) is 9.59. The zero-order chi connectivity index (χ0) is 18.2. The minimum Gasteiger partial charge on any atom is -0.497 e.